The molecule has 1 aromatic carbocycles. The minimum Gasteiger partial charge on any atom is -0.487 e. The molecular weight excluding hydrogens is 228 g/mol. The monoisotopic (exact) mass is 238 g/mol. The molecule has 0 aliphatic heterocycles. The minimum atomic E-state index is -4.16. The van der Waals surface area contributed by atoms with E-state index in [0.29, 0.717) is 5.56 Å². The molecule has 0 atom stereocenters. The number of rotatable bonds is 5. The van der Waals surface area contributed by atoms with Gasteiger partial charge in [0.2, 0.25) is 0 Å². The van der Waals surface area contributed by atoms with Crippen LogP contribution in [0.1, 0.15) is 5.56 Å². The first-order valence-electron chi connectivity index (χ1n) is 4.44. The molecule has 0 saturated heterocycles. The molecule has 1 N–H and O–H groups in total. The zero-order valence-electron chi connectivity index (χ0n) is 8.17. The maximum atomic E-state index is 12.5. The summed E-state index contributed by atoms with van der Waals surface area (Å²) in [5, 5.41) is 8.70. The maximum Gasteiger partial charge on any atom is 0.340 e. The van der Waals surface area contributed by atoms with Gasteiger partial charge in [-0.25, -0.2) is 8.78 Å². The van der Waals surface area contributed by atoms with Gasteiger partial charge in [0.15, 0.2) is 6.61 Å². The normalized spacial score (nSPS) is 11.9. The van der Waals surface area contributed by atoms with Crippen LogP contribution in [0.2, 0.25) is 0 Å². The van der Waals surface area contributed by atoms with Crippen molar-refractivity contribution in [2.24, 2.45) is 0 Å². The highest BCUT2D eigenvalue weighted by atomic mass is 19.3. The third kappa shape index (κ3) is 3.37. The van der Waals surface area contributed by atoms with Crippen molar-refractivity contribution in [3.63, 3.8) is 0 Å². The predicted molar refractivity (Wildman–Crippen MR) is 48.8 cm³/mol. The summed E-state index contributed by atoms with van der Waals surface area (Å²) in [6, 6.07) is 5.56. The fraction of sp³-hybridized carbons (Fsp3) is 0.400. The zero-order valence-corrected chi connectivity index (χ0v) is 8.17. The molecule has 0 aliphatic carbocycles. The molecule has 0 spiro atoms. The maximum absolute atomic E-state index is 12.5. The molecular formula is C10H10F4O2. The summed E-state index contributed by atoms with van der Waals surface area (Å²) in [5.41, 5.74) is 0.577. The Morgan fingerprint density at radius 1 is 1.19 bits per heavy atom. The summed E-state index contributed by atoms with van der Waals surface area (Å²) in [6.07, 6.45) is -3.75. The Morgan fingerprint density at radius 3 is 2.19 bits per heavy atom. The van der Waals surface area contributed by atoms with Gasteiger partial charge in [-0.15, -0.1) is 0 Å². The molecule has 0 fully saturated rings. The van der Waals surface area contributed by atoms with Crippen molar-refractivity contribution in [3.8, 4) is 5.75 Å². The Hall–Kier alpha value is -1.30. The number of alkyl halides is 4. The van der Waals surface area contributed by atoms with Crippen molar-refractivity contribution in [1.82, 2.24) is 0 Å². The summed E-state index contributed by atoms with van der Waals surface area (Å²) < 4.78 is 53.0. The topological polar surface area (TPSA) is 29.5 Å². The van der Waals surface area contributed by atoms with Gasteiger partial charge in [0, 0.05) is 0 Å². The predicted octanol–water partition coefficient (Wildman–Crippen LogP) is 2.46. The average Bonchev–Trinajstić information content (AvgIpc) is 2.27. The number of aliphatic hydroxyl groups is 1. The van der Waals surface area contributed by atoms with E-state index >= 15 is 0 Å². The van der Waals surface area contributed by atoms with Gasteiger partial charge in [-0.2, -0.15) is 8.78 Å². The third-order valence-corrected chi connectivity index (χ3v) is 1.86. The molecule has 16 heavy (non-hydrogen) atoms. The van der Waals surface area contributed by atoms with E-state index in [1.165, 1.54) is 24.3 Å². The molecule has 0 unspecified atom stereocenters. The Kier molecular flexibility index (Phi) is 4.12. The van der Waals surface area contributed by atoms with E-state index in [1.54, 1.807) is 0 Å². The van der Waals surface area contributed by atoms with Crippen LogP contribution in [0, 0.1) is 0 Å². The average molecular weight is 238 g/mol. The summed E-state index contributed by atoms with van der Waals surface area (Å²) in [4.78, 5) is 0. The zero-order chi connectivity index (χ0) is 12.2. The van der Waals surface area contributed by atoms with Crippen LogP contribution in [0.3, 0.4) is 0 Å². The lowest BCUT2D eigenvalue weighted by Gasteiger charge is -2.15. The molecule has 2 nitrogen and oxygen atoms in total. The van der Waals surface area contributed by atoms with Crippen LogP contribution in [0.25, 0.3) is 0 Å². The van der Waals surface area contributed by atoms with Crippen LogP contribution in [-0.4, -0.2) is 24.1 Å². The van der Waals surface area contributed by atoms with E-state index in [9.17, 15) is 17.6 Å². The number of benzene rings is 1. The molecule has 0 bridgehead atoms. The number of ether oxygens (including phenoxy) is 1. The van der Waals surface area contributed by atoms with Crippen LogP contribution < -0.4 is 4.74 Å². The molecule has 0 aliphatic rings. The van der Waals surface area contributed by atoms with Crippen molar-refractivity contribution in [2.45, 2.75) is 19.0 Å². The molecule has 90 valence electrons. The number of hydrogen-bond donors (Lipinski definition) is 1. The van der Waals surface area contributed by atoms with E-state index in [1.807, 2.05) is 0 Å². The van der Waals surface area contributed by atoms with E-state index in [2.05, 4.69) is 4.74 Å². The lowest BCUT2D eigenvalue weighted by Crippen LogP contribution is -2.33. The fourth-order valence-corrected chi connectivity index (χ4v) is 0.934. The van der Waals surface area contributed by atoms with Gasteiger partial charge >= 0.3 is 12.3 Å². The Bertz CT molecular complexity index is 324. The number of hydrogen-bond acceptors (Lipinski definition) is 2. The molecule has 0 aromatic heterocycles. The molecule has 0 radical (unpaired) electrons. The van der Waals surface area contributed by atoms with Gasteiger partial charge in [-0.1, -0.05) is 12.1 Å². The van der Waals surface area contributed by atoms with Gasteiger partial charge in [0.25, 0.3) is 0 Å². The summed E-state index contributed by atoms with van der Waals surface area (Å²) in [5.74, 6) is -4.10. The molecule has 0 heterocycles. The lowest BCUT2D eigenvalue weighted by atomic mass is 10.2. The second kappa shape index (κ2) is 5.16. The Labute approximate surface area is 89.5 Å². The molecule has 0 amide bonds. The molecule has 1 rings (SSSR count). The Morgan fingerprint density at radius 2 is 1.75 bits per heavy atom. The lowest BCUT2D eigenvalue weighted by molar-refractivity contribution is -0.148. The number of halogens is 4. The largest absolute Gasteiger partial charge is 0.487 e. The SMILES string of the molecule is OCc1ccc(OCC(F)(F)C(F)F)cc1. The van der Waals surface area contributed by atoms with Crippen LogP contribution in [0.15, 0.2) is 24.3 Å². The van der Waals surface area contributed by atoms with Crippen LogP contribution in [0.4, 0.5) is 17.6 Å². The third-order valence-electron chi connectivity index (χ3n) is 1.86. The highest BCUT2D eigenvalue weighted by molar-refractivity contribution is 5.26. The van der Waals surface area contributed by atoms with Gasteiger partial charge in [-0.3, -0.25) is 0 Å². The van der Waals surface area contributed by atoms with E-state index in [0.717, 1.165) is 0 Å². The summed E-state index contributed by atoms with van der Waals surface area (Å²) >= 11 is 0. The van der Waals surface area contributed by atoms with Gasteiger partial charge in [0.05, 0.1) is 6.61 Å². The van der Waals surface area contributed by atoms with E-state index in [4.69, 9.17) is 5.11 Å². The van der Waals surface area contributed by atoms with Gasteiger partial charge in [-0.05, 0) is 17.7 Å². The quantitative estimate of drug-likeness (QED) is 0.798. The number of aliphatic hydroxyl groups excluding tert-OH is 1. The molecule has 0 saturated carbocycles. The van der Waals surface area contributed by atoms with Crippen LogP contribution >= 0.6 is 0 Å². The first kappa shape index (κ1) is 12.8. The van der Waals surface area contributed by atoms with Crippen molar-refractivity contribution < 1.29 is 27.4 Å². The minimum absolute atomic E-state index is 0.0533. The highest BCUT2D eigenvalue weighted by Crippen LogP contribution is 2.24. The van der Waals surface area contributed by atoms with Crippen molar-refractivity contribution in [1.29, 1.82) is 0 Å². The van der Waals surface area contributed by atoms with Crippen LogP contribution in [-0.2, 0) is 6.61 Å². The fourth-order valence-electron chi connectivity index (χ4n) is 0.934. The van der Waals surface area contributed by atoms with Crippen molar-refractivity contribution in [2.75, 3.05) is 6.61 Å². The first-order chi connectivity index (χ1) is 7.45. The molecule has 6 heteroatoms. The highest BCUT2D eigenvalue weighted by Gasteiger charge is 2.41. The van der Waals surface area contributed by atoms with Gasteiger partial charge in [0.1, 0.15) is 5.75 Å². The summed E-state index contributed by atoms with van der Waals surface area (Å²) in [7, 11) is 0. The first-order valence-corrected chi connectivity index (χ1v) is 4.44. The van der Waals surface area contributed by atoms with E-state index in [-0.39, 0.29) is 12.4 Å². The molecule has 1 aromatic rings. The summed E-state index contributed by atoms with van der Waals surface area (Å²) in [6.45, 7) is -1.56. The van der Waals surface area contributed by atoms with Crippen molar-refractivity contribution in [3.05, 3.63) is 29.8 Å². The van der Waals surface area contributed by atoms with E-state index < -0.39 is 19.0 Å². The van der Waals surface area contributed by atoms with Crippen molar-refractivity contribution >= 4 is 0 Å². The second-order valence-electron chi connectivity index (χ2n) is 3.15. The van der Waals surface area contributed by atoms with Gasteiger partial charge < -0.3 is 9.84 Å². The smallest absolute Gasteiger partial charge is 0.340 e. The second-order valence-corrected chi connectivity index (χ2v) is 3.15. The standard InChI is InChI=1S/C10H10F4O2/c11-9(12)10(13,14)6-16-8-3-1-7(5-15)2-4-8/h1-4,9,15H,5-6H2. The Balaban J connectivity index is 2.54. The van der Waals surface area contributed by atoms with Crippen LogP contribution in [0.5, 0.6) is 5.75 Å².